The molecule has 0 fully saturated rings. The van der Waals surface area contributed by atoms with E-state index in [2.05, 4.69) is 5.32 Å². The maximum absolute atomic E-state index is 11.9. The lowest BCUT2D eigenvalue weighted by molar-refractivity contribution is -0.145. The minimum atomic E-state index is -0.312. The number of nitrogens with one attached hydrogen (secondary N) is 1. The van der Waals surface area contributed by atoms with E-state index in [1.807, 2.05) is 61.5 Å². The second-order valence-corrected chi connectivity index (χ2v) is 5.29. The second kappa shape index (κ2) is 7.14. The number of carbonyl (C=O) groups excluding carboxylic acids is 1. The average Bonchev–Trinajstić information content (AvgIpc) is 2.53. The first kappa shape index (κ1) is 15.4. The molecule has 0 bridgehead atoms. The summed E-state index contributed by atoms with van der Waals surface area (Å²) in [5.74, 6) is -0.557. The molecule has 0 saturated heterocycles. The fraction of sp³-hybridized carbons (Fsp3) is 0.235. The molecule has 0 saturated carbocycles. The lowest BCUT2D eigenvalue weighted by Crippen LogP contribution is -2.26. The van der Waals surface area contributed by atoms with Gasteiger partial charge in [0.1, 0.15) is 0 Å². The van der Waals surface area contributed by atoms with E-state index in [1.54, 1.807) is 0 Å². The van der Waals surface area contributed by atoms with Gasteiger partial charge >= 0.3 is 5.97 Å². The van der Waals surface area contributed by atoms with Crippen LogP contribution in [0.4, 0.5) is 5.69 Å². The Hall–Kier alpha value is -2.00. The van der Waals surface area contributed by atoms with Crippen LogP contribution in [0.15, 0.2) is 54.6 Å². The van der Waals surface area contributed by atoms with Gasteiger partial charge in [-0.3, -0.25) is 4.79 Å². The Balaban J connectivity index is 2.27. The van der Waals surface area contributed by atoms with Crippen molar-refractivity contribution in [2.75, 3.05) is 12.4 Å². The third-order valence-electron chi connectivity index (χ3n) is 3.40. The summed E-state index contributed by atoms with van der Waals surface area (Å²) in [7, 11) is 1.41. The molecule has 1 N–H and O–H groups in total. The van der Waals surface area contributed by atoms with E-state index < -0.39 is 0 Å². The van der Waals surface area contributed by atoms with Crippen LogP contribution in [0, 0.1) is 5.92 Å². The van der Waals surface area contributed by atoms with E-state index in [4.69, 9.17) is 16.3 Å². The molecule has 0 spiro atoms. The van der Waals surface area contributed by atoms with Crippen LogP contribution in [0.3, 0.4) is 0 Å². The first-order chi connectivity index (χ1) is 10.1. The number of halogens is 1. The molecule has 0 aromatic heterocycles. The number of ether oxygens (including phenoxy) is 1. The largest absolute Gasteiger partial charge is 0.469 e. The van der Waals surface area contributed by atoms with Crippen LogP contribution < -0.4 is 5.32 Å². The molecule has 2 unspecified atom stereocenters. The minimum absolute atomic E-state index is 0.167. The monoisotopic (exact) mass is 303 g/mol. The van der Waals surface area contributed by atoms with Gasteiger partial charge in [0.15, 0.2) is 0 Å². The van der Waals surface area contributed by atoms with Crippen LogP contribution >= 0.6 is 11.6 Å². The zero-order valence-electron chi connectivity index (χ0n) is 12.0. The zero-order valence-corrected chi connectivity index (χ0v) is 12.8. The Morgan fingerprint density at radius 2 is 1.71 bits per heavy atom. The van der Waals surface area contributed by atoms with E-state index in [1.165, 1.54) is 7.11 Å². The number of carbonyl (C=O) groups is 1. The summed E-state index contributed by atoms with van der Waals surface area (Å²) in [5, 5.41) is 4.06. The van der Waals surface area contributed by atoms with Gasteiger partial charge in [-0.05, 0) is 36.8 Å². The Morgan fingerprint density at radius 1 is 1.10 bits per heavy atom. The summed E-state index contributed by atoms with van der Waals surface area (Å²) < 4.78 is 4.87. The number of benzene rings is 2. The van der Waals surface area contributed by atoms with E-state index in [0.29, 0.717) is 5.02 Å². The fourth-order valence-electron chi connectivity index (χ4n) is 2.21. The smallest absolute Gasteiger partial charge is 0.310 e. The molecule has 0 aliphatic rings. The summed E-state index contributed by atoms with van der Waals surface area (Å²) in [5.41, 5.74) is 1.94. The number of methoxy groups -OCH3 is 1. The molecular formula is C17H18ClNO2. The Morgan fingerprint density at radius 3 is 2.29 bits per heavy atom. The molecule has 0 radical (unpaired) electrons. The lowest BCUT2D eigenvalue weighted by atomic mass is 9.94. The molecule has 3 nitrogen and oxygen atoms in total. The van der Waals surface area contributed by atoms with Crippen LogP contribution in [-0.2, 0) is 9.53 Å². The molecule has 0 heterocycles. The van der Waals surface area contributed by atoms with Gasteiger partial charge in [-0.15, -0.1) is 0 Å². The molecule has 0 aliphatic carbocycles. The van der Waals surface area contributed by atoms with Gasteiger partial charge in [-0.25, -0.2) is 0 Å². The predicted molar refractivity (Wildman–Crippen MR) is 85.4 cm³/mol. The van der Waals surface area contributed by atoms with E-state index >= 15 is 0 Å². The number of hydrogen-bond acceptors (Lipinski definition) is 3. The number of esters is 1. The van der Waals surface area contributed by atoms with Crippen molar-refractivity contribution in [2.45, 2.75) is 13.0 Å². The summed E-state index contributed by atoms with van der Waals surface area (Å²) in [6, 6.07) is 17.1. The first-order valence-corrected chi connectivity index (χ1v) is 7.14. The van der Waals surface area contributed by atoms with Crippen molar-refractivity contribution in [1.29, 1.82) is 0 Å². The molecule has 2 atom stereocenters. The van der Waals surface area contributed by atoms with Crippen LogP contribution in [0.25, 0.3) is 0 Å². The first-order valence-electron chi connectivity index (χ1n) is 6.76. The lowest BCUT2D eigenvalue weighted by Gasteiger charge is -2.25. The highest BCUT2D eigenvalue weighted by Gasteiger charge is 2.26. The van der Waals surface area contributed by atoms with E-state index in [0.717, 1.165) is 11.3 Å². The quantitative estimate of drug-likeness (QED) is 0.837. The SMILES string of the molecule is COC(=O)C(C)C(Nc1ccc(Cl)cc1)c1ccccc1. The summed E-state index contributed by atoms with van der Waals surface area (Å²) >= 11 is 5.90. The molecule has 110 valence electrons. The molecule has 2 aromatic rings. The fourth-order valence-corrected chi connectivity index (χ4v) is 2.33. The Bertz CT molecular complexity index is 583. The van der Waals surface area contributed by atoms with Gasteiger partial charge in [0.2, 0.25) is 0 Å². The molecular weight excluding hydrogens is 286 g/mol. The van der Waals surface area contributed by atoms with Gasteiger partial charge in [-0.1, -0.05) is 41.9 Å². The summed E-state index contributed by atoms with van der Waals surface area (Å²) in [4.78, 5) is 11.9. The topological polar surface area (TPSA) is 38.3 Å². The third-order valence-corrected chi connectivity index (χ3v) is 3.65. The van der Waals surface area contributed by atoms with E-state index in [9.17, 15) is 4.79 Å². The van der Waals surface area contributed by atoms with E-state index in [-0.39, 0.29) is 17.9 Å². The van der Waals surface area contributed by atoms with Crippen LogP contribution in [0.2, 0.25) is 5.02 Å². The molecule has 0 aliphatic heterocycles. The Kier molecular flexibility index (Phi) is 5.23. The van der Waals surface area contributed by atoms with Crippen LogP contribution in [-0.4, -0.2) is 13.1 Å². The maximum Gasteiger partial charge on any atom is 0.310 e. The number of rotatable bonds is 5. The average molecular weight is 304 g/mol. The molecule has 21 heavy (non-hydrogen) atoms. The van der Waals surface area contributed by atoms with Gasteiger partial charge in [-0.2, -0.15) is 0 Å². The van der Waals surface area contributed by atoms with Crippen molar-refractivity contribution in [3.63, 3.8) is 0 Å². The highest BCUT2D eigenvalue weighted by Crippen LogP contribution is 2.28. The van der Waals surface area contributed by atoms with Crippen LogP contribution in [0.1, 0.15) is 18.5 Å². The zero-order chi connectivity index (χ0) is 15.2. The predicted octanol–water partition coefficient (Wildman–Crippen LogP) is 4.30. The Labute approximate surface area is 129 Å². The molecule has 2 rings (SSSR count). The van der Waals surface area contributed by atoms with Gasteiger partial charge in [0.05, 0.1) is 19.1 Å². The number of anilines is 1. The van der Waals surface area contributed by atoms with Crippen molar-refractivity contribution < 1.29 is 9.53 Å². The molecule has 2 aromatic carbocycles. The highest BCUT2D eigenvalue weighted by atomic mass is 35.5. The normalized spacial score (nSPS) is 13.3. The number of hydrogen-bond donors (Lipinski definition) is 1. The van der Waals surface area contributed by atoms with Crippen molar-refractivity contribution in [2.24, 2.45) is 5.92 Å². The molecule has 0 amide bonds. The third kappa shape index (κ3) is 3.99. The van der Waals surface area contributed by atoms with Gasteiger partial charge < -0.3 is 10.1 Å². The summed E-state index contributed by atoms with van der Waals surface area (Å²) in [6.45, 7) is 1.85. The van der Waals surface area contributed by atoms with Crippen molar-refractivity contribution in [3.8, 4) is 0 Å². The van der Waals surface area contributed by atoms with Crippen molar-refractivity contribution in [3.05, 3.63) is 65.2 Å². The maximum atomic E-state index is 11.9. The van der Waals surface area contributed by atoms with Gasteiger partial charge in [0.25, 0.3) is 0 Å². The van der Waals surface area contributed by atoms with Crippen LogP contribution in [0.5, 0.6) is 0 Å². The van der Waals surface area contributed by atoms with Gasteiger partial charge in [0, 0.05) is 10.7 Å². The highest BCUT2D eigenvalue weighted by molar-refractivity contribution is 6.30. The van der Waals surface area contributed by atoms with Crippen molar-refractivity contribution >= 4 is 23.3 Å². The summed E-state index contributed by atoms with van der Waals surface area (Å²) in [6.07, 6.45) is 0. The minimum Gasteiger partial charge on any atom is -0.469 e. The standard InChI is InChI=1S/C17H18ClNO2/c1-12(17(20)21-2)16(13-6-4-3-5-7-13)19-15-10-8-14(18)9-11-15/h3-12,16,19H,1-2H3. The molecule has 4 heteroatoms. The second-order valence-electron chi connectivity index (χ2n) is 4.85. The van der Waals surface area contributed by atoms with Crippen molar-refractivity contribution in [1.82, 2.24) is 0 Å².